The monoisotopic (exact) mass is 268 g/mol. The van der Waals surface area contributed by atoms with E-state index in [2.05, 4.69) is 4.98 Å². The molecule has 0 saturated carbocycles. The normalized spacial score (nSPS) is 11.6. The fourth-order valence-electron chi connectivity index (χ4n) is 1.72. The zero-order valence-corrected chi connectivity index (χ0v) is 10.1. The molecule has 0 saturated heterocycles. The average molecular weight is 268 g/mol. The van der Waals surface area contributed by atoms with E-state index >= 15 is 0 Å². The van der Waals surface area contributed by atoms with Crippen LogP contribution in [0.5, 0.6) is 0 Å². The van der Waals surface area contributed by atoms with Gasteiger partial charge in [0.05, 0.1) is 12.2 Å². The van der Waals surface area contributed by atoms with Gasteiger partial charge in [-0.15, -0.1) is 0 Å². The number of nitrogens with zero attached hydrogens (tertiary/aromatic N) is 2. The Morgan fingerprint density at radius 2 is 2.00 bits per heavy atom. The molecule has 0 radical (unpaired) electrons. The molecular weight excluding hydrogens is 257 g/mol. The molecule has 0 spiro atoms. The summed E-state index contributed by atoms with van der Waals surface area (Å²) in [4.78, 5) is 15.8. The minimum atomic E-state index is -4.64. The van der Waals surface area contributed by atoms with Crippen LogP contribution in [0.3, 0.4) is 0 Å². The van der Waals surface area contributed by atoms with Crippen LogP contribution in [-0.2, 0) is 12.7 Å². The van der Waals surface area contributed by atoms with Gasteiger partial charge >= 0.3 is 6.18 Å². The Kier molecular flexibility index (Phi) is 3.42. The van der Waals surface area contributed by atoms with Crippen molar-refractivity contribution in [2.24, 2.45) is 0 Å². The van der Waals surface area contributed by atoms with Crippen molar-refractivity contribution in [2.45, 2.75) is 19.6 Å². The van der Waals surface area contributed by atoms with E-state index < -0.39 is 17.3 Å². The van der Waals surface area contributed by atoms with E-state index in [1.165, 1.54) is 12.3 Å². The lowest BCUT2D eigenvalue weighted by Gasteiger charge is -2.11. The highest BCUT2D eigenvalue weighted by atomic mass is 19.4. The molecule has 0 aliphatic rings. The van der Waals surface area contributed by atoms with Gasteiger partial charge in [0.15, 0.2) is 0 Å². The highest BCUT2D eigenvalue weighted by Gasteiger charge is 2.34. The SMILES string of the molecule is Cc1cccnc1Cn1cccc(C(F)(F)F)c1=O. The standard InChI is InChI=1S/C13H11F3N2O/c1-9-4-2-6-17-11(9)8-18-7-3-5-10(12(18)19)13(14,15)16/h2-7H,8H2,1H3. The predicted molar refractivity (Wildman–Crippen MR) is 63.8 cm³/mol. The van der Waals surface area contributed by atoms with Crippen molar-refractivity contribution in [3.05, 3.63) is 63.8 Å². The van der Waals surface area contributed by atoms with Crippen LogP contribution in [0.15, 0.2) is 41.5 Å². The lowest BCUT2D eigenvalue weighted by molar-refractivity contribution is -0.138. The molecular formula is C13H11F3N2O. The molecule has 3 nitrogen and oxygen atoms in total. The van der Waals surface area contributed by atoms with Gasteiger partial charge in [0, 0.05) is 12.4 Å². The summed E-state index contributed by atoms with van der Waals surface area (Å²) in [6, 6.07) is 5.52. The van der Waals surface area contributed by atoms with E-state index in [-0.39, 0.29) is 6.54 Å². The summed E-state index contributed by atoms with van der Waals surface area (Å²) in [6.45, 7) is 1.82. The number of hydrogen-bond acceptors (Lipinski definition) is 2. The van der Waals surface area contributed by atoms with E-state index in [0.717, 1.165) is 16.2 Å². The van der Waals surface area contributed by atoms with E-state index in [4.69, 9.17) is 0 Å². The maximum absolute atomic E-state index is 12.6. The first-order valence-electron chi connectivity index (χ1n) is 5.57. The highest BCUT2D eigenvalue weighted by Crippen LogP contribution is 2.26. The van der Waals surface area contributed by atoms with Gasteiger partial charge in [-0.1, -0.05) is 6.07 Å². The van der Waals surface area contributed by atoms with Crippen LogP contribution in [-0.4, -0.2) is 9.55 Å². The molecule has 2 aromatic heterocycles. The van der Waals surface area contributed by atoms with Crippen LogP contribution in [0.1, 0.15) is 16.8 Å². The van der Waals surface area contributed by atoms with Crippen LogP contribution in [0.25, 0.3) is 0 Å². The molecule has 0 unspecified atom stereocenters. The first-order chi connectivity index (χ1) is 8.89. The summed E-state index contributed by atoms with van der Waals surface area (Å²) in [5, 5.41) is 0. The van der Waals surface area contributed by atoms with Gasteiger partial charge in [0.2, 0.25) is 0 Å². The quantitative estimate of drug-likeness (QED) is 0.839. The van der Waals surface area contributed by atoms with Gasteiger partial charge in [-0.2, -0.15) is 13.2 Å². The molecule has 0 amide bonds. The molecule has 100 valence electrons. The fourth-order valence-corrected chi connectivity index (χ4v) is 1.72. The second-order valence-electron chi connectivity index (χ2n) is 4.12. The van der Waals surface area contributed by atoms with Crippen molar-refractivity contribution in [1.82, 2.24) is 9.55 Å². The van der Waals surface area contributed by atoms with Gasteiger partial charge in [-0.3, -0.25) is 9.78 Å². The summed E-state index contributed by atoms with van der Waals surface area (Å²) in [6.07, 6.45) is -1.77. The first-order valence-corrected chi connectivity index (χ1v) is 5.57. The molecule has 0 N–H and O–H groups in total. The summed E-state index contributed by atoms with van der Waals surface area (Å²) < 4.78 is 38.9. The number of aryl methyl sites for hydroxylation is 1. The van der Waals surface area contributed by atoms with Crippen LogP contribution < -0.4 is 5.56 Å². The average Bonchev–Trinajstić information content (AvgIpc) is 2.33. The molecule has 0 bridgehead atoms. The molecule has 0 atom stereocenters. The minimum Gasteiger partial charge on any atom is -0.309 e. The van der Waals surface area contributed by atoms with E-state index in [1.807, 2.05) is 0 Å². The summed E-state index contributed by atoms with van der Waals surface area (Å²) in [5.41, 5.74) is -0.820. The molecule has 2 heterocycles. The first kappa shape index (κ1) is 13.3. The number of hydrogen-bond donors (Lipinski definition) is 0. The molecule has 0 aliphatic heterocycles. The topological polar surface area (TPSA) is 34.9 Å². The Morgan fingerprint density at radius 1 is 1.26 bits per heavy atom. The number of pyridine rings is 2. The zero-order chi connectivity index (χ0) is 14.0. The number of rotatable bonds is 2. The van der Waals surface area contributed by atoms with Gasteiger partial charge in [-0.05, 0) is 30.7 Å². The third kappa shape index (κ3) is 2.83. The Balaban J connectivity index is 2.43. The minimum absolute atomic E-state index is 0.0232. The predicted octanol–water partition coefficient (Wildman–Crippen LogP) is 2.62. The Bertz CT molecular complexity index is 647. The van der Waals surface area contributed by atoms with Gasteiger partial charge in [-0.25, -0.2) is 0 Å². The van der Waals surface area contributed by atoms with Crippen molar-refractivity contribution in [1.29, 1.82) is 0 Å². The highest BCUT2D eigenvalue weighted by molar-refractivity contribution is 5.20. The summed E-state index contributed by atoms with van der Waals surface area (Å²) >= 11 is 0. The van der Waals surface area contributed by atoms with Gasteiger partial charge < -0.3 is 4.57 Å². The number of alkyl halides is 3. The molecule has 0 aliphatic carbocycles. The van der Waals surface area contributed by atoms with Crippen molar-refractivity contribution < 1.29 is 13.2 Å². The summed E-state index contributed by atoms with van der Waals surface area (Å²) in [5.74, 6) is 0. The third-order valence-corrected chi connectivity index (χ3v) is 2.76. The Labute approximate surface area is 107 Å². The second kappa shape index (κ2) is 4.87. The lowest BCUT2D eigenvalue weighted by atomic mass is 10.2. The Hall–Kier alpha value is -2.11. The fraction of sp³-hybridized carbons (Fsp3) is 0.231. The van der Waals surface area contributed by atoms with E-state index in [1.54, 1.807) is 25.3 Å². The van der Waals surface area contributed by atoms with E-state index in [9.17, 15) is 18.0 Å². The maximum atomic E-state index is 12.6. The third-order valence-electron chi connectivity index (χ3n) is 2.76. The maximum Gasteiger partial charge on any atom is 0.421 e. The van der Waals surface area contributed by atoms with Crippen molar-refractivity contribution >= 4 is 0 Å². The largest absolute Gasteiger partial charge is 0.421 e. The molecule has 0 fully saturated rings. The van der Waals surface area contributed by atoms with Gasteiger partial charge in [0.1, 0.15) is 5.56 Å². The molecule has 19 heavy (non-hydrogen) atoms. The van der Waals surface area contributed by atoms with Crippen molar-refractivity contribution in [2.75, 3.05) is 0 Å². The Morgan fingerprint density at radius 3 is 2.63 bits per heavy atom. The van der Waals surface area contributed by atoms with E-state index in [0.29, 0.717) is 5.69 Å². The number of aromatic nitrogens is 2. The van der Waals surface area contributed by atoms with Crippen molar-refractivity contribution in [3.63, 3.8) is 0 Å². The van der Waals surface area contributed by atoms with Gasteiger partial charge in [0.25, 0.3) is 5.56 Å². The van der Waals surface area contributed by atoms with Crippen LogP contribution >= 0.6 is 0 Å². The number of halogens is 3. The zero-order valence-electron chi connectivity index (χ0n) is 10.1. The second-order valence-corrected chi connectivity index (χ2v) is 4.12. The molecule has 2 aromatic rings. The molecule has 2 rings (SSSR count). The lowest BCUT2D eigenvalue weighted by Crippen LogP contribution is -2.28. The summed E-state index contributed by atoms with van der Waals surface area (Å²) in [7, 11) is 0. The van der Waals surface area contributed by atoms with Crippen molar-refractivity contribution in [3.8, 4) is 0 Å². The van der Waals surface area contributed by atoms with Crippen LogP contribution in [0.4, 0.5) is 13.2 Å². The molecule has 0 aromatic carbocycles. The smallest absolute Gasteiger partial charge is 0.309 e. The van der Waals surface area contributed by atoms with Crippen LogP contribution in [0.2, 0.25) is 0 Å². The molecule has 6 heteroatoms. The van der Waals surface area contributed by atoms with Crippen LogP contribution in [0, 0.1) is 6.92 Å².